The molecule has 0 saturated carbocycles. The summed E-state index contributed by atoms with van der Waals surface area (Å²) in [5.41, 5.74) is 2.23. The second-order valence-electron chi connectivity index (χ2n) is 5.06. The molecule has 0 aliphatic carbocycles. The summed E-state index contributed by atoms with van der Waals surface area (Å²) in [6, 6.07) is 5.42. The fourth-order valence-corrected chi connectivity index (χ4v) is 2.30. The molecule has 0 aromatic heterocycles. The van der Waals surface area contributed by atoms with Gasteiger partial charge in [-0.15, -0.1) is 0 Å². The van der Waals surface area contributed by atoms with E-state index < -0.39 is 0 Å². The van der Waals surface area contributed by atoms with Crippen LogP contribution in [0.2, 0.25) is 0 Å². The molecule has 0 bridgehead atoms. The number of hydrogen-bond donors (Lipinski definition) is 1. The van der Waals surface area contributed by atoms with E-state index in [4.69, 9.17) is 4.74 Å². The van der Waals surface area contributed by atoms with E-state index >= 15 is 0 Å². The molecule has 18 heavy (non-hydrogen) atoms. The molecule has 3 heteroatoms. The Hall–Kier alpha value is -0.930. The zero-order valence-electron chi connectivity index (χ0n) is 11.8. The Morgan fingerprint density at radius 3 is 2.67 bits per heavy atom. The number of nitrogens with one attached hydrogen (secondary N) is 1. The maximum absolute atomic E-state index is 13.0. The van der Waals surface area contributed by atoms with Crippen LogP contribution in [0.4, 0.5) is 4.39 Å². The molecule has 0 aliphatic rings. The molecule has 0 spiro atoms. The number of hydrogen-bond acceptors (Lipinski definition) is 2. The van der Waals surface area contributed by atoms with E-state index in [2.05, 4.69) is 12.2 Å². The fraction of sp³-hybridized carbons (Fsp3) is 0.600. The highest BCUT2D eigenvalue weighted by Gasteiger charge is 2.13. The highest BCUT2D eigenvalue weighted by Crippen LogP contribution is 2.16. The molecule has 2 unspecified atom stereocenters. The minimum absolute atomic E-state index is 0.162. The van der Waals surface area contributed by atoms with Gasteiger partial charge in [0, 0.05) is 19.8 Å². The van der Waals surface area contributed by atoms with Crippen LogP contribution in [-0.2, 0) is 11.2 Å². The number of ether oxygens (including phenoxy) is 1. The lowest BCUT2D eigenvalue weighted by Gasteiger charge is -2.21. The van der Waals surface area contributed by atoms with Crippen molar-refractivity contribution < 1.29 is 9.13 Å². The number of halogens is 1. The van der Waals surface area contributed by atoms with Crippen molar-refractivity contribution in [3.05, 3.63) is 35.1 Å². The normalized spacial score (nSPS) is 14.5. The maximum atomic E-state index is 13.0. The van der Waals surface area contributed by atoms with Crippen molar-refractivity contribution in [2.75, 3.05) is 20.8 Å². The predicted molar refractivity (Wildman–Crippen MR) is 73.3 cm³/mol. The van der Waals surface area contributed by atoms with Crippen molar-refractivity contribution >= 4 is 0 Å². The van der Waals surface area contributed by atoms with Gasteiger partial charge in [-0.2, -0.15) is 0 Å². The summed E-state index contributed by atoms with van der Waals surface area (Å²) in [5, 5.41) is 3.33. The van der Waals surface area contributed by atoms with Crippen molar-refractivity contribution in [3.8, 4) is 0 Å². The summed E-state index contributed by atoms with van der Waals surface area (Å²) >= 11 is 0. The average Bonchev–Trinajstić information content (AvgIpc) is 2.31. The van der Waals surface area contributed by atoms with Gasteiger partial charge in [0.05, 0.1) is 0 Å². The van der Waals surface area contributed by atoms with Crippen molar-refractivity contribution in [3.63, 3.8) is 0 Å². The van der Waals surface area contributed by atoms with Crippen molar-refractivity contribution in [2.24, 2.45) is 5.92 Å². The molecular formula is C15H24FNO. The van der Waals surface area contributed by atoms with Gasteiger partial charge in [-0.1, -0.05) is 13.0 Å². The quantitative estimate of drug-likeness (QED) is 0.806. The highest BCUT2D eigenvalue weighted by molar-refractivity contribution is 5.27. The Labute approximate surface area is 110 Å². The van der Waals surface area contributed by atoms with Gasteiger partial charge >= 0.3 is 0 Å². The van der Waals surface area contributed by atoms with Gasteiger partial charge in [-0.05, 0) is 56.0 Å². The lowest BCUT2D eigenvalue weighted by molar-refractivity contribution is 0.150. The Morgan fingerprint density at radius 2 is 2.11 bits per heavy atom. The second kappa shape index (κ2) is 7.49. The first-order valence-corrected chi connectivity index (χ1v) is 6.48. The van der Waals surface area contributed by atoms with Crippen LogP contribution in [0.5, 0.6) is 0 Å². The van der Waals surface area contributed by atoms with E-state index in [-0.39, 0.29) is 5.82 Å². The van der Waals surface area contributed by atoms with E-state index in [9.17, 15) is 4.39 Å². The third kappa shape index (κ3) is 4.75. The maximum Gasteiger partial charge on any atom is 0.123 e. The van der Waals surface area contributed by atoms with E-state index in [1.807, 2.05) is 20.0 Å². The third-order valence-electron chi connectivity index (χ3n) is 3.32. The van der Waals surface area contributed by atoms with Crippen molar-refractivity contribution in [2.45, 2.75) is 32.7 Å². The zero-order valence-corrected chi connectivity index (χ0v) is 11.8. The Kier molecular flexibility index (Phi) is 6.30. The average molecular weight is 253 g/mol. The van der Waals surface area contributed by atoms with Gasteiger partial charge in [-0.3, -0.25) is 0 Å². The van der Waals surface area contributed by atoms with Crippen LogP contribution in [-0.4, -0.2) is 26.8 Å². The van der Waals surface area contributed by atoms with Crippen LogP contribution in [0, 0.1) is 18.7 Å². The van der Waals surface area contributed by atoms with Gasteiger partial charge in [0.2, 0.25) is 0 Å². The lowest BCUT2D eigenvalue weighted by atomic mass is 9.94. The summed E-state index contributed by atoms with van der Waals surface area (Å²) in [4.78, 5) is 0. The number of likely N-dealkylation sites (N-methyl/N-ethyl adjacent to an activating group) is 1. The Morgan fingerprint density at radius 1 is 1.39 bits per heavy atom. The van der Waals surface area contributed by atoms with Gasteiger partial charge in [0.25, 0.3) is 0 Å². The molecule has 1 rings (SSSR count). The smallest absolute Gasteiger partial charge is 0.123 e. The van der Waals surface area contributed by atoms with Crippen LogP contribution in [0.1, 0.15) is 24.5 Å². The molecule has 102 valence electrons. The minimum atomic E-state index is -0.162. The number of benzene rings is 1. The monoisotopic (exact) mass is 253 g/mol. The largest absolute Gasteiger partial charge is 0.384 e. The Balaban J connectivity index is 2.62. The fourth-order valence-electron chi connectivity index (χ4n) is 2.30. The molecule has 1 N–H and O–H groups in total. The lowest BCUT2D eigenvalue weighted by Crippen LogP contribution is -2.30. The van der Waals surface area contributed by atoms with Gasteiger partial charge in [0.15, 0.2) is 0 Å². The van der Waals surface area contributed by atoms with Gasteiger partial charge in [-0.25, -0.2) is 4.39 Å². The predicted octanol–water partition coefficient (Wildman–Crippen LogP) is 2.94. The minimum Gasteiger partial charge on any atom is -0.384 e. The van der Waals surface area contributed by atoms with E-state index in [0.717, 1.165) is 25.0 Å². The number of aryl methyl sites for hydroxylation is 1. The third-order valence-corrected chi connectivity index (χ3v) is 3.32. The zero-order chi connectivity index (χ0) is 13.5. The summed E-state index contributed by atoms with van der Waals surface area (Å²) in [6.07, 6.45) is 1.98. The molecule has 0 heterocycles. The molecule has 0 amide bonds. The first kappa shape index (κ1) is 15.1. The molecule has 2 nitrogen and oxygen atoms in total. The molecule has 1 aromatic carbocycles. The first-order chi connectivity index (χ1) is 8.56. The summed E-state index contributed by atoms with van der Waals surface area (Å²) in [6.45, 7) is 4.93. The van der Waals surface area contributed by atoms with Crippen molar-refractivity contribution in [1.82, 2.24) is 5.32 Å². The number of rotatable bonds is 7. The standard InChI is InChI=1S/C15H24FNO/c1-11(10-18-4)7-15(17-3)9-13-5-6-14(16)8-12(13)2/h5-6,8,11,15,17H,7,9-10H2,1-4H3. The van der Waals surface area contributed by atoms with E-state index in [1.165, 1.54) is 11.6 Å². The van der Waals surface area contributed by atoms with Crippen LogP contribution in [0.3, 0.4) is 0 Å². The molecule has 0 radical (unpaired) electrons. The summed E-state index contributed by atoms with van der Waals surface area (Å²) in [5.74, 6) is 0.359. The SMILES string of the molecule is CNC(Cc1ccc(F)cc1C)CC(C)COC. The Bertz CT molecular complexity index is 368. The van der Waals surface area contributed by atoms with E-state index in [1.54, 1.807) is 13.2 Å². The molecule has 0 saturated heterocycles. The number of methoxy groups -OCH3 is 1. The van der Waals surface area contributed by atoms with Crippen molar-refractivity contribution in [1.29, 1.82) is 0 Å². The van der Waals surface area contributed by atoms with Crippen LogP contribution >= 0.6 is 0 Å². The molecule has 2 atom stereocenters. The van der Waals surface area contributed by atoms with Crippen LogP contribution < -0.4 is 5.32 Å². The topological polar surface area (TPSA) is 21.3 Å². The van der Waals surface area contributed by atoms with Crippen LogP contribution in [0.25, 0.3) is 0 Å². The summed E-state index contributed by atoms with van der Waals surface area (Å²) in [7, 11) is 3.71. The molecule has 0 aliphatic heterocycles. The highest BCUT2D eigenvalue weighted by atomic mass is 19.1. The summed E-state index contributed by atoms with van der Waals surface area (Å²) < 4.78 is 18.2. The van der Waals surface area contributed by atoms with Crippen LogP contribution in [0.15, 0.2) is 18.2 Å². The van der Waals surface area contributed by atoms with E-state index in [0.29, 0.717) is 12.0 Å². The molecule has 0 fully saturated rings. The second-order valence-corrected chi connectivity index (χ2v) is 5.06. The molecule has 1 aromatic rings. The molecular weight excluding hydrogens is 229 g/mol. The first-order valence-electron chi connectivity index (χ1n) is 6.48. The van der Waals surface area contributed by atoms with Gasteiger partial charge in [0.1, 0.15) is 5.82 Å². The van der Waals surface area contributed by atoms with Gasteiger partial charge < -0.3 is 10.1 Å².